The van der Waals surface area contributed by atoms with Gasteiger partial charge in [-0.05, 0) is 5.56 Å². The molecule has 0 aliphatic heterocycles. The molecule has 0 aliphatic rings. The fourth-order valence-electron chi connectivity index (χ4n) is 1.34. The Morgan fingerprint density at radius 3 is 2.33 bits per heavy atom. The Balaban J connectivity index is 2.55. The average Bonchev–Trinajstić information content (AvgIpc) is 2.34. The van der Waals surface area contributed by atoms with Crippen LogP contribution < -0.4 is 5.73 Å². The molecule has 0 fully saturated rings. The molecule has 98 valence electrons. The Morgan fingerprint density at radius 1 is 1.22 bits per heavy atom. The molecule has 0 saturated heterocycles. The van der Waals surface area contributed by atoms with E-state index in [0.717, 1.165) is 0 Å². The number of nitriles is 1. The fraction of sp³-hybridized carbons (Fsp3) is 0.417. The molecule has 18 heavy (non-hydrogen) atoms. The van der Waals surface area contributed by atoms with Crippen LogP contribution in [-0.2, 0) is 10.3 Å². The largest absolute Gasteiger partial charge is 0.391 e. The van der Waals surface area contributed by atoms with Crippen LogP contribution in [0.2, 0.25) is 0 Å². The van der Waals surface area contributed by atoms with Gasteiger partial charge in [0.1, 0.15) is 0 Å². The Kier molecular flexibility index (Phi) is 4.70. The van der Waals surface area contributed by atoms with E-state index in [9.17, 15) is 13.2 Å². The number of rotatable bonds is 5. The highest BCUT2D eigenvalue weighted by atomic mass is 19.4. The monoisotopic (exact) mass is 258 g/mol. The third kappa shape index (κ3) is 4.35. The third-order valence-corrected chi connectivity index (χ3v) is 2.35. The second kappa shape index (κ2) is 5.85. The SMILES string of the molecule is N#CC(N)(COCCC(F)(F)F)c1ccccc1. The lowest BCUT2D eigenvalue weighted by Gasteiger charge is -2.22. The number of hydrogen-bond donors (Lipinski definition) is 1. The first-order valence-corrected chi connectivity index (χ1v) is 5.27. The van der Waals surface area contributed by atoms with Gasteiger partial charge in [0.05, 0.1) is 25.7 Å². The van der Waals surface area contributed by atoms with Crippen molar-refractivity contribution in [3.8, 4) is 6.07 Å². The second-order valence-corrected chi connectivity index (χ2v) is 3.87. The lowest BCUT2D eigenvalue weighted by Crippen LogP contribution is -2.40. The molecule has 1 atom stereocenters. The van der Waals surface area contributed by atoms with E-state index < -0.39 is 24.7 Å². The second-order valence-electron chi connectivity index (χ2n) is 3.87. The zero-order valence-electron chi connectivity index (χ0n) is 9.57. The van der Waals surface area contributed by atoms with Gasteiger partial charge in [-0.3, -0.25) is 0 Å². The van der Waals surface area contributed by atoms with Crippen LogP contribution in [0.3, 0.4) is 0 Å². The molecule has 1 rings (SSSR count). The van der Waals surface area contributed by atoms with Gasteiger partial charge in [0.15, 0.2) is 5.54 Å². The van der Waals surface area contributed by atoms with E-state index >= 15 is 0 Å². The molecule has 0 heterocycles. The van der Waals surface area contributed by atoms with Crippen LogP contribution in [0, 0.1) is 11.3 Å². The van der Waals surface area contributed by atoms with E-state index in [1.807, 2.05) is 6.07 Å². The summed E-state index contributed by atoms with van der Waals surface area (Å²) in [5, 5.41) is 9.02. The summed E-state index contributed by atoms with van der Waals surface area (Å²) in [6, 6.07) is 10.3. The van der Waals surface area contributed by atoms with Crippen molar-refractivity contribution in [3.63, 3.8) is 0 Å². The minimum absolute atomic E-state index is 0.274. The van der Waals surface area contributed by atoms with Gasteiger partial charge in [0, 0.05) is 0 Å². The van der Waals surface area contributed by atoms with E-state index in [0.29, 0.717) is 5.56 Å². The van der Waals surface area contributed by atoms with E-state index in [-0.39, 0.29) is 6.61 Å². The van der Waals surface area contributed by atoms with Gasteiger partial charge in [-0.1, -0.05) is 30.3 Å². The molecule has 6 heteroatoms. The van der Waals surface area contributed by atoms with Crippen molar-refractivity contribution in [1.29, 1.82) is 5.26 Å². The van der Waals surface area contributed by atoms with Crippen molar-refractivity contribution in [2.45, 2.75) is 18.1 Å². The van der Waals surface area contributed by atoms with Gasteiger partial charge in [0.2, 0.25) is 0 Å². The normalized spacial score (nSPS) is 14.8. The predicted octanol–water partition coefficient (Wildman–Crippen LogP) is 2.33. The molecule has 3 nitrogen and oxygen atoms in total. The van der Waals surface area contributed by atoms with Crippen molar-refractivity contribution < 1.29 is 17.9 Å². The summed E-state index contributed by atoms with van der Waals surface area (Å²) in [7, 11) is 0. The van der Waals surface area contributed by atoms with Crippen molar-refractivity contribution in [2.75, 3.05) is 13.2 Å². The van der Waals surface area contributed by atoms with Crippen LogP contribution >= 0.6 is 0 Å². The maximum Gasteiger partial charge on any atom is 0.391 e. The van der Waals surface area contributed by atoms with Crippen LogP contribution in [0.25, 0.3) is 0 Å². The molecule has 1 aromatic carbocycles. The van der Waals surface area contributed by atoms with E-state index in [4.69, 9.17) is 15.7 Å². The van der Waals surface area contributed by atoms with Crippen molar-refractivity contribution in [1.82, 2.24) is 0 Å². The summed E-state index contributed by atoms with van der Waals surface area (Å²) in [4.78, 5) is 0. The van der Waals surface area contributed by atoms with Gasteiger partial charge in [0.25, 0.3) is 0 Å². The zero-order chi connectivity index (χ0) is 13.6. The first kappa shape index (κ1) is 14.5. The molecule has 2 N–H and O–H groups in total. The minimum atomic E-state index is -4.27. The quantitative estimate of drug-likeness (QED) is 0.824. The molecule has 1 unspecified atom stereocenters. The highest BCUT2D eigenvalue weighted by Crippen LogP contribution is 2.21. The number of alkyl halides is 3. The van der Waals surface area contributed by atoms with Crippen LogP contribution in [0.4, 0.5) is 13.2 Å². The molecule has 0 amide bonds. The number of benzene rings is 1. The van der Waals surface area contributed by atoms with Crippen molar-refractivity contribution in [3.05, 3.63) is 35.9 Å². The molecule has 0 saturated carbocycles. The summed E-state index contributed by atoms with van der Waals surface area (Å²) < 4.78 is 40.6. The standard InChI is InChI=1S/C12H13F3N2O/c13-12(14,15)6-7-18-9-11(17,8-16)10-4-2-1-3-5-10/h1-5H,6-7,9,17H2. The summed E-state index contributed by atoms with van der Waals surface area (Å²) in [6.45, 7) is -0.777. The highest BCUT2D eigenvalue weighted by molar-refractivity contribution is 5.30. The number of nitrogens with zero attached hydrogens (tertiary/aromatic N) is 1. The number of halogens is 3. The minimum Gasteiger partial charge on any atom is -0.378 e. The highest BCUT2D eigenvalue weighted by Gasteiger charge is 2.30. The molecule has 0 spiro atoms. The number of hydrogen-bond acceptors (Lipinski definition) is 3. The molecule has 0 bridgehead atoms. The van der Waals surface area contributed by atoms with E-state index in [1.165, 1.54) is 0 Å². The fourth-order valence-corrected chi connectivity index (χ4v) is 1.34. The van der Waals surface area contributed by atoms with E-state index in [1.54, 1.807) is 30.3 Å². The molecule has 0 aromatic heterocycles. The van der Waals surface area contributed by atoms with Gasteiger partial charge in [-0.25, -0.2) is 0 Å². The summed E-state index contributed by atoms with van der Waals surface area (Å²) in [5.41, 5.74) is 4.89. The van der Waals surface area contributed by atoms with Gasteiger partial charge in [-0.15, -0.1) is 0 Å². The molecular weight excluding hydrogens is 245 g/mol. The Hall–Kier alpha value is -1.58. The maximum absolute atomic E-state index is 11.9. The summed E-state index contributed by atoms with van der Waals surface area (Å²) in [6.07, 6.45) is -5.32. The maximum atomic E-state index is 11.9. The van der Waals surface area contributed by atoms with Gasteiger partial charge in [-0.2, -0.15) is 18.4 Å². The topological polar surface area (TPSA) is 59.0 Å². The van der Waals surface area contributed by atoms with Crippen molar-refractivity contribution >= 4 is 0 Å². The van der Waals surface area contributed by atoms with Gasteiger partial charge >= 0.3 is 6.18 Å². The Morgan fingerprint density at radius 2 is 1.83 bits per heavy atom. The Labute approximate surface area is 103 Å². The third-order valence-electron chi connectivity index (χ3n) is 2.35. The van der Waals surface area contributed by atoms with Gasteiger partial charge < -0.3 is 10.5 Å². The molecule has 0 aliphatic carbocycles. The zero-order valence-corrected chi connectivity index (χ0v) is 9.57. The van der Waals surface area contributed by atoms with E-state index in [2.05, 4.69) is 0 Å². The summed E-state index contributed by atoms with van der Waals surface area (Å²) >= 11 is 0. The van der Waals surface area contributed by atoms with Crippen LogP contribution in [0.15, 0.2) is 30.3 Å². The van der Waals surface area contributed by atoms with Crippen molar-refractivity contribution in [2.24, 2.45) is 5.73 Å². The van der Waals surface area contributed by atoms with Crippen LogP contribution in [0.5, 0.6) is 0 Å². The van der Waals surface area contributed by atoms with Crippen LogP contribution in [-0.4, -0.2) is 19.4 Å². The average molecular weight is 258 g/mol. The molecule has 1 aromatic rings. The van der Waals surface area contributed by atoms with Crippen LogP contribution in [0.1, 0.15) is 12.0 Å². The lowest BCUT2D eigenvalue weighted by atomic mass is 9.94. The lowest BCUT2D eigenvalue weighted by molar-refractivity contribution is -0.146. The number of nitrogens with two attached hydrogens (primary N) is 1. The first-order chi connectivity index (χ1) is 8.37. The first-order valence-electron chi connectivity index (χ1n) is 5.27. The number of ether oxygens (including phenoxy) is 1. The molecule has 0 radical (unpaired) electrons. The smallest absolute Gasteiger partial charge is 0.378 e. The molecular formula is C12H13F3N2O. The predicted molar refractivity (Wildman–Crippen MR) is 59.4 cm³/mol. The summed E-state index contributed by atoms with van der Waals surface area (Å²) in [5.74, 6) is 0. The Bertz CT molecular complexity index is 414.